The molecule has 0 heterocycles. The molecule has 0 bridgehead atoms. The van der Waals surface area contributed by atoms with Crippen LogP contribution in [0.4, 0.5) is 0 Å². The summed E-state index contributed by atoms with van der Waals surface area (Å²) < 4.78 is 0. The van der Waals surface area contributed by atoms with Crippen LogP contribution in [0.15, 0.2) is 77.9 Å². The second kappa shape index (κ2) is 5.09. The molecule has 0 N–H and O–H groups in total. The molecular weight excluding hydrogens is 276 g/mol. The van der Waals surface area contributed by atoms with Crippen molar-refractivity contribution in [3.63, 3.8) is 0 Å². The molecule has 0 saturated carbocycles. The molecule has 0 nitrogen and oxygen atoms in total. The molecule has 2 aromatic rings. The Labute approximate surface area is 138 Å². The zero-order chi connectivity index (χ0) is 16.0. The van der Waals surface area contributed by atoms with Gasteiger partial charge in [-0.1, -0.05) is 80.6 Å². The van der Waals surface area contributed by atoms with Gasteiger partial charge in [-0.15, -0.1) is 0 Å². The van der Waals surface area contributed by atoms with Crippen LogP contribution in [0.2, 0.25) is 0 Å². The van der Waals surface area contributed by atoms with Gasteiger partial charge < -0.3 is 0 Å². The SMILES string of the molecule is CC1=C2C(=CCC=C1)c1cccc(-c3ccccc3)c1C2(C)C. The summed E-state index contributed by atoms with van der Waals surface area (Å²) in [6.45, 7) is 7.00. The van der Waals surface area contributed by atoms with E-state index in [1.54, 1.807) is 0 Å². The molecular formula is C23H22. The van der Waals surface area contributed by atoms with Gasteiger partial charge in [-0.05, 0) is 52.3 Å². The molecule has 0 saturated heterocycles. The molecule has 0 aliphatic heterocycles. The van der Waals surface area contributed by atoms with Crippen molar-refractivity contribution in [1.29, 1.82) is 0 Å². The Morgan fingerprint density at radius 2 is 1.61 bits per heavy atom. The quantitative estimate of drug-likeness (QED) is 0.579. The highest BCUT2D eigenvalue weighted by molar-refractivity contribution is 5.95. The third-order valence-corrected chi connectivity index (χ3v) is 5.18. The Morgan fingerprint density at radius 3 is 2.39 bits per heavy atom. The predicted molar refractivity (Wildman–Crippen MR) is 99.3 cm³/mol. The van der Waals surface area contributed by atoms with Gasteiger partial charge in [0.05, 0.1) is 0 Å². The lowest BCUT2D eigenvalue weighted by atomic mass is 9.77. The van der Waals surface area contributed by atoms with Crippen molar-refractivity contribution in [2.24, 2.45) is 0 Å². The van der Waals surface area contributed by atoms with Crippen LogP contribution in [-0.4, -0.2) is 0 Å². The predicted octanol–water partition coefficient (Wildman–Crippen LogP) is 6.30. The molecule has 0 atom stereocenters. The smallest absolute Gasteiger partial charge is 0.0167 e. The maximum Gasteiger partial charge on any atom is 0.0167 e. The highest BCUT2D eigenvalue weighted by Gasteiger charge is 2.40. The van der Waals surface area contributed by atoms with Gasteiger partial charge in [-0.3, -0.25) is 0 Å². The number of allylic oxidation sites excluding steroid dienone is 6. The van der Waals surface area contributed by atoms with Gasteiger partial charge in [-0.25, -0.2) is 0 Å². The van der Waals surface area contributed by atoms with Gasteiger partial charge in [0.15, 0.2) is 0 Å². The highest BCUT2D eigenvalue weighted by Crippen LogP contribution is 2.54. The zero-order valence-electron chi connectivity index (χ0n) is 14.1. The molecule has 4 rings (SSSR count). The summed E-state index contributed by atoms with van der Waals surface area (Å²) in [5, 5.41) is 0. The van der Waals surface area contributed by atoms with E-state index < -0.39 is 0 Å². The molecule has 23 heavy (non-hydrogen) atoms. The summed E-state index contributed by atoms with van der Waals surface area (Å²) >= 11 is 0. The lowest BCUT2D eigenvalue weighted by Gasteiger charge is -2.26. The summed E-state index contributed by atoms with van der Waals surface area (Å²) in [7, 11) is 0. The van der Waals surface area contributed by atoms with Crippen LogP contribution in [0.3, 0.4) is 0 Å². The first-order valence-electron chi connectivity index (χ1n) is 8.38. The molecule has 0 aromatic heterocycles. The molecule has 0 fully saturated rings. The van der Waals surface area contributed by atoms with E-state index in [0.717, 1.165) is 6.42 Å². The van der Waals surface area contributed by atoms with E-state index in [1.165, 1.54) is 39.0 Å². The molecule has 0 unspecified atom stereocenters. The lowest BCUT2D eigenvalue weighted by molar-refractivity contribution is 0.658. The molecule has 0 radical (unpaired) electrons. The molecule has 0 spiro atoms. The van der Waals surface area contributed by atoms with E-state index in [4.69, 9.17) is 0 Å². The monoisotopic (exact) mass is 298 g/mol. The van der Waals surface area contributed by atoms with Crippen molar-refractivity contribution in [3.8, 4) is 11.1 Å². The van der Waals surface area contributed by atoms with Crippen molar-refractivity contribution in [1.82, 2.24) is 0 Å². The number of hydrogen-bond donors (Lipinski definition) is 0. The maximum absolute atomic E-state index is 2.39. The molecule has 2 aromatic carbocycles. The average Bonchev–Trinajstić information content (AvgIpc) is 2.68. The fourth-order valence-corrected chi connectivity index (χ4v) is 4.34. The summed E-state index contributed by atoms with van der Waals surface area (Å²) in [4.78, 5) is 0. The summed E-state index contributed by atoms with van der Waals surface area (Å²) in [5.41, 5.74) is 9.92. The Hall–Kier alpha value is -2.34. The van der Waals surface area contributed by atoms with E-state index in [0.29, 0.717) is 0 Å². The Kier molecular flexibility index (Phi) is 3.16. The minimum atomic E-state index is 0.0341. The maximum atomic E-state index is 2.39. The van der Waals surface area contributed by atoms with Crippen LogP contribution in [0.5, 0.6) is 0 Å². The largest absolute Gasteiger partial charge is 0.0804 e. The van der Waals surface area contributed by atoms with Gasteiger partial charge in [0.25, 0.3) is 0 Å². The topological polar surface area (TPSA) is 0 Å². The highest BCUT2D eigenvalue weighted by atomic mass is 14.4. The first-order valence-corrected chi connectivity index (χ1v) is 8.38. The zero-order valence-corrected chi connectivity index (χ0v) is 14.1. The van der Waals surface area contributed by atoms with Gasteiger partial charge in [0, 0.05) is 5.41 Å². The molecule has 2 aliphatic rings. The molecule has 114 valence electrons. The summed E-state index contributed by atoms with van der Waals surface area (Å²) in [5.74, 6) is 0. The molecule has 0 amide bonds. The van der Waals surface area contributed by atoms with Gasteiger partial charge in [-0.2, -0.15) is 0 Å². The molecule has 0 heteroatoms. The molecule has 2 aliphatic carbocycles. The van der Waals surface area contributed by atoms with Crippen molar-refractivity contribution >= 4 is 5.57 Å². The number of hydrogen-bond acceptors (Lipinski definition) is 0. The third-order valence-electron chi connectivity index (χ3n) is 5.18. The van der Waals surface area contributed by atoms with Gasteiger partial charge in [0.1, 0.15) is 0 Å². The van der Waals surface area contributed by atoms with Crippen molar-refractivity contribution < 1.29 is 0 Å². The van der Waals surface area contributed by atoms with Crippen LogP contribution in [0, 0.1) is 0 Å². The first kappa shape index (κ1) is 14.3. The van der Waals surface area contributed by atoms with E-state index in [9.17, 15) is 0 Å². The first-order chi connectivity index (χ1) is 11.1. The van der Waals surface area contributed by atoms with Crippen LogP contribution in [-0.2, 0) is 5.41 Å². The summed E-state index contributed by atoms with van der Waals surface area (Å²) in [6, 6.07) is 17.5. The fraction of sp³-hybridized carbons (Fsp3) is 0.217. The van der Waals surface area contributed by atoms with E-state index >= 15 is 0 Å². The fourth-order valence-electron chi connectivity index (χ4n) is 4.34. The van der Waals surface area contributed by atoms with Crippen LogP contribution >= 0.6 is 0 Å². The second-order valence-corrected chi connectivity index (χ2v) is 7.03. The Morgan fingerprint density at radius 1 is 0.870 bits per heavy atom. The van der Waals surface area contributed by atoms with Crippen LogP contribution < -0.4 is 0 Å². The average molecular weight is 298 g/mol. The standard InChI is InChI=1S/C23H22/c1-16-10-7-8-13-19-20-15-9-14-18(17-11-5-4-6-12-17)22(20)23(2,3)21(16)19/h4-7,9-15H,8H2,1-3H3. The Bertz CT molecular complexity index is 858. The van der Waals surface area contributed by atoms with E-state index in [2.05, 4.69) is 87.5 Å². The van der Waals surface area contributed by atoms with Crippen molar-refractivity contribution in [2.75, 3.05) is 0 Å². The van der Waals surface area contributed by atoms with Gasteiger partial charge >= 0.3 is 0 Å². The van der Waals surface area contributed by atoms with Crippen LogP contribution in [0.25, 0.3) is 16.7 Å². The van der Waals surface area contributed by atoms with Crippen molar-refractivity contribution in [3.05, 3.63) is 89.0 Å². The van der Waals surface area contributed by atoms with Crippen molar-refractivity contribution in [2.45, 2.75) is 32.6 Å². The summed E-state index contributed by atoms with van der Waals surface area (Å²) in [6.07, 6.45) is 7.96. The Balaban J connectivity index is 2.05. The van der Waals surface area contributed by atoms with E-state index in [-0.39, 0.29) is 5.41 Å². The van der Waals surface area contributed by atoms with Gasteiger partial charge in [0.2, 0.25) is 0 Å². The van der Waals surface area contributed by atoms with E-state index in [1.807, 2.05) is 0 Å². The number of rotatable bonds is 1. The minimum absolute atomic E-state index is 0.0341. The second-order valence-electron chi connectivity index (χ2n) is 7.03. The van der Waals surface area contributed by atoms with Crippen LogP contribution in [0.1, 0.15) is 38.3 Å². The minimum Gasteiger partial charge on any atom is -0.0804 e. The normalized spacial score (nSPS) is 18.3. The number of fused-ring (bicyclic) bond motifs is 3. The third kappa shape index (κ3) is 2.05. The lowest BCUT2D eigenvalue weighted by Crippen LogP contribution is -2.17. The number of benzene rings is 2.